The molecule has 1 aliphatic rings. The highest BCUT2D eigenvalue weighted by molar-refractivity contribution is 9.09. The normalized spacial score (nSPS) is 19.6. The van der Waals surface area contributed by atoms with Gasteiger partial charge >= 0.3 is 0 Å². The molecule has 0 bridgehead atoms. The van der Waals surface area contributed by atoms with Crippen molar-refractivity contribution in [3.8, 4) is 0 Å². The summed E-state index contributed by atoms with van der Waals surface area (Å²) in [7, 11) is 0. The van der Waals surface area contributed by atoms with Crippen molar-refractivity contribution in [3.05, 3.63) is 18.1 Å². The number of halogens is 1. The molecule has 1 aromatic heterocycles. The summed E-state index contributed by atoms with van der Waals surface area (Å²) >= 11 is 5.63. The number of hydrogen-bond donors (Lipinski definition) is 0. The Hall–Kier alpha value is 0.110. The third-order valence-electron chi connectivity index (χ3n) is 3.29. The van der Waals surface area contributed by atoms with E-state index in [9.17, 15) is 0 Å². The summed E-state index contributed by atoms with van der Waals surface area (Å²) in [4.78, 5) is 1.31. The van der Waals surface area contributed by atoms with Crippen molar-refractivity contribution < 1.29 is 4.42 Å². The van der Waals surface area contributed by atoms with Gasteiger partial charge in [-0.15, -0.1) is 11.8 Å². The molecule has 2 rings (SSSR count). The maximum atomic E-state index is 5.31. The molecule has 84 valence electrons. The predicted octanol–water partition coefficient (Wildman–Crippen LogP) is 4.64. The highest BCUT2D eigenvalue weighted by Crippen LogP contribution is 2.43. The van der Waals surface area contributed by atoms with Crippen LogP contribution in [-0.4, -0.2) is 11.1 Å². The first-order valence-corrected chi connectivity index (χ1v) is 7.59. The van der Waals surface area contributed by atoms with E-state index in [2.05, 4.69) is 22.0 Å². The summed E-state index contributed by atoms with van der Waals surface area (Å²) in [6.45, 7) is 2.04. The predicted molar refractivity (Wildman–Crippen MR) is 68.9 cm³/mol. The molecule has 1 aromatic rings. The number of alkyl halides is 1. The van der Waals surface area contributed by atoms with E-state index >= 15 is 0 Å². The van der Waals surface area contributed by atoms with Crippen LogP contribution in [0.3, 0.4) is 0 Å². The van der Waals surface area contributed by atoms with Crippen LogP contribution in [0.25, 0.3) is 0 Å². The van der Waals surface area contributed by atoms with Gasteiger partial charge in [0, 0.05) is 16.0 Å². The molecule has 0 N–H and O–H groups in total. The van der Waals surface area contributed by atoms with Crippen molar-refractivity contribution in [1.82, 2.24) is 0 Å². The number of furan rings is 1. The van der Waals surface area contributed by atoms with Crippen molar-refractivity contribution >= 4 is 27.7 Å². The first-order chi connectivity index (χ1) is 7.26. The zero-order valence-corrected chi connectivity index (χ0v) is 11.5. The van der Waals surface area contributed by atoms with Gasteiger partial charge in [0.15, 0.2) is 0 Å². The monoisotopic (exact) mass is 288 g/mol. The van der Waals surface area contributed by atoms with Gasteiger partial charge in [-0.25, -0.2) is 0 Å². The van der Waals surface area contributed by atoms with Crippen LogP contribution >= 0.6 is 27.7 Å². The van der Waals surface area contributed by atoms with Gasteiger partial charge in [-0.1, -0.05) is 28.8 Å². The first kappa shape index (κ1) is 11.6. The van der Waals surface area contributed by atoms with E-state index in [1.807, 2.05) is 18.7 Å². The fourth-order valence-electron chi connectivity index (χ4n) is 2.20. The minimum absolute atomic E-state index is 0.536. The minimum atomic E-state index is 0.536. The molecule has 1 fully saturated rings. The SMILES string of the molecule is Cc1occc1SCC1(CBr)CCCC1. The Labute approximate surface area is 104 Å². The van der Waals surface area contributed by atoms with Gasteiger partial charge in [-0.3, -0.25) is 0 Å². The zero-order valence-electron chi connectivity index (χ0n) is 9.09. The molecular formula is C12H17BrOS. The molecule has 1 heterocycles. The summed E-state index contributed by atoms with van der Waals surface area (Å²) in [5.74, 6) is 2.28. The number of thioether (sulfide) groups is 1. The fraction of sp³-hybridized carbons (Fsp3) is 0.667. The van der Waals surface area contributed by atoms with Gasteiger partial charge in [-0.05, 0) is 31.2 Å². The van der Waals surface area contributed by atoms with Gasteiger partial charge in [0.1, 0.15) is 5.76 Å². The lowest BCUT2D eigenvalue weighted by molar-refractivity contribution is 0.405. The van der Waals surface area contributed by atoms with E-state index in [1.54, 1.807) is 6.26 Å². The first-order valence-electron chi connectivity index (χ1n) is 5.49. The van der Waals surface area contributed by atoms with E-state index in [-0.39, 0.29) is 0 Å². The van der Waals surface area contributed by atoms with E-state index < -0.39 is 0 Å². The summed E-state index contributed by atoms with van der Waals surface area (Å²) < 4.78 is 5.31. The second-order valence-electron chi connectivity index (χ2n) is 4.47. The van der Waals surface area contributed by atoms with Gasteiger partial charge in [0.05, 0.1) is 6.26 Å². The third kappa shape index (κ3) is 2.62. The van der Waals surface area contributed by atoms with E-state index in [0.29, 0.717) is 5.41 Å². The molecule has 0 spiro atoms. The third-order valence-corrected chi connectivity index (χ3v) is 5.97. The molecule has 1 aliphatic carbocycles. The van der Waals surface area contributed by atoms with Crippen LogP contribution in [0.1, 0.15) is 31.4 Å². The lowest BCUT2D eigenvalue weighted by atomic mass is 9.92. The fourth-order valence-corrected chi connectivity index (χ4v) is 4.47. The van der Waals surface area contributed by atoms with E-state index in [0.717, 1.165) is 11.1 Å². The Morgan fingerprint density at radius 1 is 1.47 bits per heavy atom. The summed E-state index contributed by atoms with van der Waals surface area (Å²) in [5, 5.41) is 1.14. The molecular weight excluding hydrogens is 272 g/mol. The average Bonchev–Trinajstić information content (AvgIpc) is 2.85. The van der Waals surface area contributed by atoms with Crippen molar-refractivity contribution in [1.29, 1.82) is 0 Å². The quantitative estimate of drug-likeness (QED) is 0.592. The molecule has 0 atom stereocenters. The molecule has 1 saturated carbocycles. The van der Waals surface area contributed by atoms with Gasteiger partial charge in [-0.2, -0.15) is 0 Å². The largest absolute Gasteiger partial charge is 0.468 e. The maximum absolute atomic E-state index is 5.31. The van der Waals surface area contributed by atoms with Crippen LogP contribution in [-0.2, 0) is 0 Å². The van der Waals surface area contributed by atoms with Crippen LogP contribution < -0.4 is 0 Å². The van der Waals surface area contributed by atoms with Crippen LogP contribution in [0.4, 0.5) is 0 Å². The minimum Gasteiger partial charge on any atom is -0.468 e. The van der Waals surface area contributed by atoms with Crippen LogP contribution in [0.5, 0.6) is 0 Å². The van der Waals surface area contributed by atoms with E-state index in [4.69, 9.17) is 4.42 Å². The number of aryl methyl sites for hydroxylation is 1. The molecule has 0 aromatic carbocycles. The second kappa shape index (κ2) is 4.96. The molecule has 0 unspecified atom stereocenters. The molecule has 15 heavy (non-hydrogen) atoms. The Morgan fingerprint density at radius 2 is 2.20 bits per heavy atom. The zero-order chi connectivity index (χ0) is 10.7. The Kier molecular flexibility index (Phi) is 3.83. The Bertz CT molecular complexity index is 315. The van der Waals surface area contributed by atoms with Crippen molar-refractivity contribution in [2.75, 3.05) is 11.1 Å². The Balaban J connectivity index is 1.94. The standard InChI is InChI=1S/C12H17BrOS/c1-10-11(4-7-14-10)15-9-12(8-13)5-2-3-6-12/h4,7H,2-3,5-6,8-9H2,1H3. The average molecular weight is 289 g/mol. The van der Waals surface area contributed by atoms with Gasteiger partial charge in [0.25, 0.3) is 0 Å². The van der Waals surface area contributed by atoms with E-state index in [1.165, 1.54) is 36.3 Å². The Morgan fingerprint density at radius 3 is 2.73 bits per heavy atom. The van der Waals surface area contributed by atoms with Gasteiger partial charge in [0.2, 0.25) is 0 Å². The van der Waals surface area contributed by atoms with Crippen LogP contribution in [0.15, 0.2) is 21.6 Å². The lowest BCUT2D eigenvalue weighted by Gasteiger charge is -2.25. The topological polar surface area (TPSA) is 13.1 Å². The smallest absolute Gasteiger partial charge is 0.114 e. The summed E-state index contributed by atoms with van der Waals surface area (Å²) in [5.41, 5.74) is 0.536. The molecule has 1 nitrogen and oxygen atoms in total. The van der Waals surface area contributed by atoms with Crippen LogP contribution in [0.2, 0.25) is 0 Å². The number of hydrogen-bond acceptors (Lipinski definition) is 2. The second-order valence-corrected chi connectivity index (χ2v) is 6.05. The number of rotatable bonds is 4. The summed E-state index contributed by atoms with van der Waals surface area (Å²) in [6, 6.07) is 2.08. The molecule has 0 aliphatic heterocycles. The molecule has 0 amide bonds. The molecule has 0 saturated heterocycles. The summed E-state index contributed by atoms with van der Waals surface area (Å²) in [6.07, 6.45) is 7.34. The highest BCUT2D eigenvalue weighted by Gasteiger charge is 2.32. The molecule has 0 radical (unpaired) electrons. The van der Waals surface area contributed by atoms with Crippen molar-refractivity contribution in [3.63, 3.8) is 0 Å². The molecule has 3 heteroatoms. The highest BCUT2D eigenvalue weighted by atomic mass is 79.9. The maximum Gasteiger partial charge on any atom is 0.114 e. The van der Waals surface area contributed by atoms with Gasteiger partial charge < -0.3 is 4.42 Å². The van der Waals surface area contributed by atoms with Crippen LogP contribution in [0, 0.1) is 12.3 Å². The van der Waals surface area contributed by atoms with Crippen molar-refractivity contribution in [2.24, 2.45) is 5.41 Å². The lowest BCUT2D eigenvalue weighted by Crippen LogP contribution is -2.21. The van der Waals surface area contributed by atoms with Crippen molar-refractivity contribution in [2.45, 2.75) is 37.5 Å².